The van der Waals surface area contributed by atoms with Gasteiger partial charge in [-0.1, -0.05) is 18.2 Å². The van der Waals surface area contributed by atoms with Gasteiger partial charge in [0.25, 0.3) is 11.8 Å². The molecule has 14 heteroatoms. The van der Waals surface area contributed by atoms with Crippen molar-refractivity contribution < 1.29 is 52.8 Å². The third kappa shape index (κ3) is 6.88. The number of rotatable bonds is 12. The molecule has 210 valence electrons. The van der Waals surface area contributed by atoms with Crippen LogP contribution in [0.25, 0.3) is 0 Å². The van der Waals surface area contributed by atoms with Crippen LogP contribution in [-0.4, -0.2) is 89.3 Å². The lowest BCUT2D eigenvalue weighted by Crippen LogP contribution is -2.71. The van der Waals surface area contributed by atoms with E-state index < -0.39 is 70.6 Å². The Bertz CT molecular complexity index is 1170. The summed E-state index contributed by atoms with van der Waals surface area (Å²) in [6, 6.07) is 7.44. The number of thioether (sulfide) groups is 1. The predicted molar refractivity (Wildman–Crippen MR) is 134 cm³/mol. The molecule has 0 saturated carbocycles. The van der Waals surface area contributed by atoms with Gasteiger partial charge in [-0.3, -0.25) is 28.9 Å². The Balaban J connectivity index is 1.87. The molecule has 39 heavy (non-hydrogen) atoms. The topological polar surface area (TPSA) is 175 Å². The summed E-state index contributed by atoms with van der Waals surface area (Å²) >= 11 is 1.04. The molecule has 2 N–H and O–H groups in total. The van der Waals surface area contributed by atoms with E-state index >= 15 is 0 Å². The number of nitrogens with zero attached hydrogens (tertiary/aromatic N) is 1. The summed E-state index contributed by atoms with van der Waals surface area (Å²) in [4.78, 5) is 75.3. The van der Waals surface area contributed by atoms with Gasteiger partial charge in [0.2, 0.25) is 0 Å². The lowest BCUT2D eigenvalue weighted by molar-refractivity contribution is -0.160. The summed E-state index contributed by atoms with van der Waals surface area (Å²) in [6.45, 7) is 1.79. The van der Waals surface area contributed by atoms with Gasteiger partial charge < -0.3 is 29.4 Å². The highest BCUT2D eigenvalue weighted by molar-refractivity contribution is 8.00. The van der Waals surface area contributed by atoms with Crippen molar-refractivity contribution in [2.45, 2.75) is 36.9 Å². The number of hydrogen-bond donors (Lipinski definition) is 2. The summed E-state index contributed by atoms with van der Waals surface area (Å²) in [5.74, 6) is -6.22. The minimum absolute atomic E-state index is 0.00921. The highest BCUT2D eigenvalue weighted by atomic mass is 32.2. The predicted octanol–water partition coefficient (Wildman–Crippen LogP) is 0.478. The van der Waals surface area contributed by atoms with Gasteiger partial charge in [0.1, 0.15) is 29.5 Å². The Labute approximate surface area is 227 Å². The number of nitrogens with one attached hydrogen (secondary N) is 1. The fourth-order valence-corrected chi connectivity index (χ4v) is 5.74. The van der Waals surface area contributed by atoms with Gasteiger partial charge >= 0.3 is 23.9 Å². The SMILES string of the molecule is CCOC(=O)C(CC1S[C@H]2C(NC(=O)COc3ccccc3)C(=O)N2C(C(=O)O)=C1COC(C)=O)C(=O)OC. The van der Waals surface area contributed by atoms with Crippen LogP contribution >= 0.6 is 11.8 Å². The Morgan fingerprint density at radius 3 is 2.38 bits per heavy atom. The van der Waals surface area contributed by atoms with E-state index in [1.165, 1.54) is 0 Å². The van der Waals surface area contributed by atoms with Gasteiger partial charge in [-0.25, -0.2) is 4.79 Å². The smallest absolute Gasteiger partial charge is 0.352 e. The Kier molecular flexibility index (Phi) is 9.93. The van der Waals surface area contributed by atoms with Gasteiger partial charge in [-0.2, -0.15) is 0 Å². The number of methoxy groups -OCH3 is 1. The van der Waals surface area contributed by atoms with Crippen molar-refractivity contribution in [3.8, 4) is 5.75 Å². The third-order valence-corrected chi connectivity index (χ3v) is 7.42. The number of esters is 3. The molecule has 1 aromatic rings. The van der Waals surface area contributed by atoms with Crippen LogP contribution in [0.5, 0.6) is 5.75 Å². The summed E-state index contributed by atoms with van der Waals surface area (Å²) in [6.07, 6.45) is -0.264. The lowest BCUT2D eigenvalue weighted by Gasteiger charge is -2.51. The quantitative estimate of drug-likeness (QED) is 0.156. The molecular formula is C25H28N2O11S. The molecule has 1 saturated heterocycles. The first kappa shape index (κ1) is 29.5. The normalized spacial score (nSPS) is 20.6. The molecule has 4 atom stereocenters. The van der Waals surface area contributed by atoms with Crippen LogP contribution in [-0.2, 0) is 43.0 Å². The lowest BCUT2D eigenvalue weighted by atomic mass is 9.95. The standard InChI is InChI=1S/C25H28N2O11S/c1-4-36-25(34)15(24(33)35-3)10-17-16(11-37-13(2)28)20(23(31)32)27-21(30)19(22(27)39-17)26-18(29)12-38-14-8-6-5-7-9-14/h5-9,15,17,19,22H,4,10-12H2,1-3H3,(H,26,29)(H,31,32)/t15?,17?,19?,22-/m0/s1. The van der Waals surface area contributed by atoms with Crippen LogP contribution in [0.4, 0.5) is 0 Å². The minimum Gasteiger partial charge on any atom is -0.484 e. The van der Waals surface area contributed by atoms with E-state index in [2.05, 4.69) is 5.32 Å². The number of ether oxygens (including phenoxy) is 4. The number of amides is 2. The van der Waals surface area contributed by atoms with E-state index in [-0.39, 0.29) is 25.2 Å². The summed E-state index contributed by atoms with van der Waals surface area (Å²) in [5.41, 5.74) is -0.434. The van der Waals surface area contributed by atoms with E-state index in [0.717, 1.165) is 30.7 Å². The van der Waals surface area contributed by atoms with Crippen molar-refractivity contribution in [3.63, 3.8) is 0 Å². The Hall–Kier alpha value is -4.07. The molecule has 3 unspecified atom stereocenters. The fraction of sp³-hybridized carbons (Fsp3) is 0.440. The summed E-state index contributed by atoms with van der Waals surface area (Å²) < 4.78 is 20.2. The van der Waals surface area contributed by atoms with E-state index in [9.17, 15) is 33.9 Å². The van der Waals surface area contributed by atoms with Crippen LogP contribution in [0.2, 0.25) is 0 Å². The number of carboxylic acids is 1. The van der Waals surface area contributed by atoms with Crippen LogP contribution in [0.1, 0.15) is 20.3 Å². The minimum atomic E-state index is -1.48. The number of β-lactam (4-membered cyclic amide) rings is 1. The molecule has 1 fully saturated rings. The third-order valence-electron chi connectivity index (χ3n) is 5.85. The summed E-state index contributed by atoms with van der Waals surface area (Å²) in [7, 11) is 1.09. The van der Waals surface area contributed by atoms with E-state index in [4.69, 9.17) is 18.9 Å². The number of carboxylic acid groups (broad SMARTS) is 1. The molecule has 0 bridgehead atoms. The highest BCUT2D eigenvalue weighted by Gasteiger charge is 2.57. The van der Waals surface area contributed by atoms with Gasteiger partial charge in [-0.15, -0.1) is 11.8 Å². The van der Waals surface area contributed by atoms with Crippen molar-refractivity contribution in [2.24, 2.45) is 5.92 Å². The Morgan fingerprint density at radius 2 is 1.79 bits per heavy atom. The number of carbonyl (C=O) groups is 6. The van der Waals surface area contributed by atoms with Crippen molar-refractivity contribution in [2.75, 3.05) is 26.9 Å². The molecular weight excluding hydrogens is 536 g/mol. The largest absolute Gasteiger partial charge is 0.484 e. The monoisotopic (exact) mass is 564 g/mol. The molecule has 2 aliphatic heterocycles. The van der Waals surface area contributed by atoms with E-state index in [1.54, 1.807) is 37.3 Å². The zero-order valence-corrected chi connectivity index (χ0v) is 22.2. The molecule has 0 aliphatic carbocycles. The average molecular weight is 565 g/mol. The van der Waals surface area contributed by atoms with Crippen LogP contribution in [0.3, 0.4) is 0 Å². The van der Waals surface area contributed by atoms with Crippen LogP contribution in [0.15, 0.2) is 41.6 Å². The average Bonchev–Trinajstić information content (AvgIpc) is 2.91. The summed E-state index contributed by atoms with van der Waals surface area (Å²) in [5, 5.41) is 10.8. The molecule has 2 aliphatic rings. The Morgan fingerprint density at radius 1 is 1.10 bits per heavy atom. The van der Waals surface area contributed by atoms with E-state index in [1.807, 2.05) is 0 Å². The molecule has 2 heterocycles. The molecule has 0 radical (unpaired) electrons. The maximum absolute atomic E-state index is 13.0. The first-order valence-electron chi connectivity index (χ1n) is 11.9. The molecule has 0 spiro atoms. The van der Waals surface area contributed by atoms with Gasteiger partial charge in [0.15, 0.2) is 12.5 Å². The van der Waals surface area contributed by atoms with Crippen LogP contribution in [0, 0.1) is 5.92 Å². The van der Waals surface area contributed by atoms with Crippen molar-refractivity contribution in [3.05, 3.63) is 41.6 Å². The number of hydrogen-bond acceptors (Lipinski definition) is 11. The first-order valence-corrected chi connectivity index (χ1v) is 12.8. The van der Waals surface area contributed by atoms with Gasteiger partial charge in [0.05, 0.1) is 13.7 Å². The van der Waals surface area contributed by atoms with Crippen molar-refractivity contribution in [1.29, 1.82) is 0 Å². The fourth-order valence-electron chi connectivity index (χ4n) is 4.08. The molecule has 3 rings (SSSR count). The number of aliphatic carboxylic acids is 1. The zero-order chi connectivity index (χ0) is 28.7. The number of para-hydroxylation sites is 1. The van der Waals surface area contributed by atoms with Gasteiger partial charge in [0, 0.05) is 17.7 Å². The highest BCUT2D eigenvalue weighted by Crippen LogP contribution is 2.46. The molecule has 1 aromatic carbocycles. The molecule has 0 aromatic heterocycles. The van der Waals surface area contributed by atoms with E-state index in [0.29, 0.717) is 5.75 Å². The second-order valence-corrected chi connectivity index (χ2v) is 9.72. The molecule has 2 amide bonds. The maximum atomic E-state index is 13.0. The van der Waals surface area contributed by atoms with Crippen LogP contribution < -0.4 is 10.1 Å². The zero-order valence-electron chi connectivity index (χ0n) is 21.4. The first-order chi connectivity index (χ1) is 18.6. The maximum Gasteiger partial charge on any atom is 0.352 e. The number of fused-ring (bicyclic) bond motifs is 1. The van der Waals surface area contributed by atoms with Crippen molar-refractivity contribution >= 4 is 47.5 Å². The second kappa shape index (κ2) is 13.1. The second-order valence-electron chi connectivity index (χ2n) is 8.39. The van der Waals surface area contributed by atoms with Crippen molar-refractivity contribution in [1.82, 2.24) is 10.2 Å². The number of benzene rings is 1. The number of carbonyl (C=O) groups excluding carboxylic acids is 5. The molecule has 13 nitrogen and oxygen atoms in total. The van der Waals surface area contributed by atoms with Gasteiger partial charge in [-0.05, 0) is 25.5 Å².